The van der Waals surface area contributed by atoms with Crippen LogP contribution in [-0.2, 0) is 17.9 Å². The highest BCUT2D eigenvalue weighted by Gasteiger charge is 2.12. The van der Waals surface area contributed by atoms with E-state index in [2.05, 4.69) is 15.1 Å². The minimum Gasteiger partial charge on any atom is -0.378 e. The molecule has 5 nitrogen and oxygen atoms in total. The lowest BCUT2D eigenvalue weighted by molar-refractivity contribution is 0.182. The molecule has 0 amide bonds. The lowest BCUT2D eigenvalue weighted by Gasteiger charge is -2.08. The van der Waals surface area contributed by atoms with Crippen molar-refractivity contribution in [3.63, 3.8) is 0 Å². The summed E-state index contributed by atoms with van der Waals surface area (Å²) >= 11 is 6.06. The molecule has 0 spiro atoms. The quantitative estimate of drug-likeness (QED) is 0.742. The smallest absolute Gasteiger partial charge is 0.158 e. The molecular weight excluding hydrogens is 288 g/mol. The van der Waals surface area contributed by atoms with E-state index in [9.17, 15) is 0 Å². The maximum absolute atomic E-state index is 6.06. The molecule has 0 unspecified atom stereocenters. The van der Waals surface area contributed by atoms with Crippen molar-refractivity contribution >= 4 is 22.6 Å². The van der Waals surface area contributed by atoms with Crippen LogP contribution in [0.5, 0.6) is 0 Å². The third-order valence-electron chi connectivity index (χ3n) is 3.27. The van der Waals surface area contributed by atoms with Crippen LogP contribution in [0.4, 0.5) is 0 Å². The Labute approximate surface area is 127 Å². The zero-order valence-electron chi connectivity index (χ0n) is 11.9. The maximum Gasteiger partial charge on any atom is 0.158 e. The van der Waals surface area contributed by atoms with Crippen LogP contribution in [0, 0.1) is 0 Å². The zero-order valence-corrected chi connectivity index (χ0v) is 12.6. The Bertz CT molecular complexity index is 784. The minimum atomic E-state index is 0.450. The van der Waals surface area contributed by atoms with Crippen LogP contribution in [0.2, 0.25) is 5.02 Å². The van der Waals surface area contributed by atoms with Crippen molar-refractivity contribution in [1.29, 1.82) is 0 Å². The molecule has 6 heteroatoms. The van der Waals surface area contributed by atoms with Gasteiger partial charge in [-0.15, -0.1) is 0 Å². The first-order chi connectivity index (χ1) is 10.2. The van der Waals surface area contributed by atoms with Crippen molar-refractivity contribution in [2.24, 2.45) is 0 Å². The van der Waals surface area contributed by atoms with E-state index in [0.29, 0.717) is 11.6 Å². The molecule has 0 radical (unpaired) electrons. The van der Waals surface area contributed by atoms with Gasteiger partial charge in [0.25, 0.3) is 0 Å². The van der Waals surface area contributed by atoms with E-state index in [0.717, 1.165) is 34.4 Å². The van der Waals surface area contributed by atoms with Crippen LogP contribution in [0.15, 0.2) is 30.7 Å². The fourth-order valence-corrected chi connectivity index (χ4v) is 2.52. The summed E-state index contributed by atoms with van der Waals surface area (Å²) in [5.41, 5.74) is 3.67. The molecule has 0 saturated heterocycles. The molecule has 0 aliphatic carbocycles. The number of halogens is 1. The molecule has 108 valence electrons. The van der Waals surface area contributed by atoms with E-state index >= 15 is 0 Å². The van der Waals surface area contributed by atoms with Gasteiger partial charge in [-0.25, -0.2) is 9.67 Å². The lowest BCUT2D eigenvalue weighted by atomic mass is 10.0. The van der Waals surface area contributed by atoms with Gasteiger partial charge < -0.3 is 4.74 Å². The molecule has 0 bridgehead atoms. The highest BCUT2D eigenvalue weighted by atomic mass is 35.5. The molecule has 3 aromatic heterocycles. The largest absolute Gasteiger partial charge is 0.378 e. The van der Waals surface area contributed by atoms with E-state index in [1.54, 1.807) is 19.5 Å². The fourth-order valence-electron chi connectivity index (χ4n) is 2.35. The highest BCUT2D eigenvalue weighted by molar-refractivity contribution is 6.30. The minimum absolute atomic E-state index is 0.450. The summed E-state index contributed by atoms with van der Waals surface area (Å²) in [6.07, 6.45) is 5.24. The normalized spacial score (nSPS) is 11.2. The number of hydrogen-bond acceptors (Lipinski definition) is 4. The fraction of sp³-hybridized carbons (Fsp3) is 0.267. The summed E-state index contributed by atoms with van der Waals surface area (Å²) < 4.78 is 7.08. The van der Waals surface area contributed by atoms with Gasteiger partial charge in [0.2, 0.25) is 0 Å². The second-order valence-corrected chi connectivity index (χ2v) is 5.12. The number of aromatic nitrogens is 4. The second kappa shape index (κ2) is 5.79. The molecule has 0 aliphatic heterocycles. The van der Waals surface area contributed by atoms with Crippen molar-refractivity contribution in [2.75, 3.05) is 7.11 Å². The number of rotatable bonds is 4. The summed E-state index contributed by atoms with van der Waals surface area (Å²) in [7, 11) is 1.66. The Kier molecular flexibility index (Phi) is 3.86. The molecule has 3 heterocycles. The van der Waals surface area contributed by atoms with Crippen LogP contribution < -0.4 is 0 Å². The van der Waals surface area contributed by atoms with Gasteiger partial charge in [0.15, 0.2) is 5.65 Å². The predicted octanol–water partition coefficient (Wildman–Crippen LogP) is 3.31. The van der Waals surface area contributed by atoms with Crippen LogP contribution in [0.25, 0.3) is 22.2 Å². The summed E-state index contributed by atoms with van der Waals surface area (Å²) in [4.78, 5) is 8.79. The average Bonchev–Trinajstić information content (AvgIpc) is 2.90. The molecule has 0 atom stereocenters. The third kappa shape index (κ3) is 2.62. The third-order valence-corrected chi connectivity index (χ3v) is 3.48. The number of aryl methyl sites for hydroxylation is 1. The van der Waals surface area contributed by atoms with E-state index in [1.807, 2.05) is 29.9 Å². The molecular formula is C15H15ClN4O. The van der Waals surface area contributed by atoms with Crippen molar-refractivity contribution in [1.82, 2.24) is 19.7 Å². The Hall–Kier alpha value is -1.98. The highest BCUT2D eigenvalue weighted by Crippen LogP contribution is 2.29. The molecule has 0 saturated carbocycles. The molecule has 0 N–H and O–H groups in total. The molecule has 21 heavy (non-hydrogen) atoms. The SMILES string of the molecule is CCn1ncc2c(-c3cncc(Cl)c3)cc(COC)nc21. The first kappa shape index (κ1) is 14.0. The van der Waals surface area contributed by atoms with Gasteiger partial charge in [0, 0.05) is 37.0 Å². The summed E-state index contributed by atoms with van der Waals surface area (Å²) in [5, 5.41) is 5.98. The number of methoxy groups -OCH3 is 1. The van der Waals surface area contributed by atoms with Crippen LogP contribution >= 0.6 is 11.6 Å². The second-order valence-electron chi connectivity index (χ2n) is 4.68. The number of ether oxygens (including phenoxy) is 1. The Morgan fingerprint density at radius 2 is 2.10 bits per heavy atom. The van der Waals surface area contributed by atoms with Gasteiger partial charge in [-0.2, -0.15) is 5.10 Å². The van der Waals surface area contributed by atoms with Crippen molar-refractivity contribution in [3.05, 3.63) is 41.4 Å². The lowest BCUT2D eigenvalue weighted by Crippen LogP contribution is -2.01. The topological polar surface area (TPSA) is 52.8 Å². The molecule has 0 fully saturated rings. The number of pyridine rings is 2. The average molecular weight is 303 g/mol. The Balaban J connectivity index is 2.27. The van der Waals surface area contributed by atoms with Gasteiger partial charge in [-0.05, 0) is 24.6 Å². The van der Waals surface area contributed by atoms with Crippen LogP contribution in [0.3, 0.4) is 0 Å². The first-order valence-electron chi connectivity index (χ1n) is 6.68. The van der Waals surface area contributed by atoms with Gasteiger partial charge in [-0.1, -0.05) is 11.6 Å². The van der Waals surface area contributed by atoms with Gasteiger partial charge in [0.1, 0.15) is 0 Å². The maximum atomic E-state index is 6.06. The standard InChI is InChI=1S/C15H15ClN4O/c1-3-20-15-14(8-18-20)13(5-12(19-15)9-21-2)10-4-11(16)7-17-6-10/h4-8H,3,9H2,1-2H3. The van der Waals surface area contributed by atoms with Crippen molar-refractivity contribution in [2.45, 2.75) is 20.1 Å². The van der Waals surface area contributed by atoms with Crippen molar-refractivity contribution in [3.8, 4) is 11.1 Å². The summed E-state index contributed by atoms with van der Waals surface area (Å²) in [6, 6.07) is 3.89. The van der Waals surface area contributed by atoms with Crippen LogP contribution in [0.1, 0.15) is 12.6 Å². The molecule has 0 aromatic carbocycles. The zero-order chi connectivity index (χ0) is 14.8. The first-order valence-corrected chi connectivity index (χ1v) is 7.06. The summed E-state index contributed by atoms with van der Waals surface area (Å²) in [6.45, 7) is 3.25. The van der Waals surface area contributed by atoms with Crippen molar-refractivity contribution < 1.29 is 4.74 Å². The number of hydrogen-bond donors (Lipinski definition) is 0. The monoisotopic (exact) mass is 302 g/mol. The number of fused-ring (bicyclic) bond motifs is 1. The van der Waals surface area contributed by atoms with Crippen LogP contribution in [-0.4, -0.2) is 26.9 Å². The van der Waals surface area contributed by atoms with E-state index in [-0.39, 0.29) is 0 Å². The molecule has 0 aliphatic rings. The Morgan fingerprint density at radius 3 is 2.81 bits per heavy atom. The van der Waals surface area contributed by atoms with E-state index < -0.39 is 0 Å². The van der Waals surface area contributed by atoms with Gasteiger partial charge in [-0.3, -0.25) is 4.98 Å². The summed E-state index contributed by atoms with van der Waals surface area (Å²) in [5.74, 6) is 0. The Morgan fingerprint density at radius 1 is 1.24 bits per heavy atom. The molecule has 3 aromatic rings. The van der Waals surface area contributed by atoms with E-state index in [4.69, 9.17) is 16.3 Å². The molecule has 3 rings (SSSR count). The predicted molar refractivity (Wildman–Crippen MR) is 82.2 cm³/mol. The van der Waals surface area contributed by atoms with Gasteiger partial charge in [0.05, 0.1) is 23.5 Å². The van der Waals surface area contributed by atoms with E-state index in [1.165, 1.54) is 0 Å². The van der Waals surface area contributed by atoms with Gasteiger partial charge >= 0.3 is 0 Å². The number of nitrogens with zero attached hydrogens (tertiary/aromatic N) is 4.